The summed E-state index contributed by atoms with van der Waals surface area (Å²) >= 11 is 1.01. The van der Waals surface area contributed by atoms with Crippen molar-refractivity contribution in [3.63, 3.8) is 0 Å². The molecule has 164 valence electrons. The van der Waals surface area contributed by atoms with Gasteiger partial charge in [-0.25, -0.2) is 22.9 Å². The van der Waals surface area contributed by atoms with E-state index in [-0.39, 0.29) is 22.3 Å². The lowest BCUT2D eigenvalue weighted by molar-refractivity contribution is 0.105. The first kappa shape index (κ1) is 22.5. The molecule has 0 saturated heterocycles. The molecule has 2 fully saturated rings. The highest BCUT2D eigenvalue weighted by atomic mass is 32.2. The minimum absolute atomic E-state index is 0.128. The van der Waals surface area contributed by atoms with Crippen molar-refractivity contribution < 1.29 is 13.2 Å². The molecule has 0 radical (unpaired) electrons. The van der Waals surface area contributed by atoms with Gasteiger partial charge in [-0.15, -0.1) is 0 Å². The zero-order valence-electron chi connectivity index (χ0n) is 17.5. The Balaban J connectivity index is 1.71. The van der Waals surface area contributed by atoms with Crippen LogP contribution in [0, 0.1) is 5.92 Å². The lowest BCUT2D eigenvalue weighted by Crippen LogP contribution is -2.51. The summed E-state index contributed by atoms with van der Waals surface area (Å²) in [5, 5.41) is 3.24. The number of nitrogens with zero attached hydrogens (tertiary/aromatic N) is 2. The number of amides is 2. The lowest BCUT2D eigenvalue weighted by Gasteiger charge is -2.42. The monoisotopic (exact) mass is 442 g/mol. The van der Waals surface area contributed by atoms with E-state index < -0.39 is 10.0 Å². The second-order valence-corrected chi connectivity index (χ2v) is 11.4. The number of hydrogen-bond acceptors (Lipinski definition) is 5. The molecular weight excluding hydrogens is 408 g/mol. The number of aromatic nitrogens is 1. The Morgan fingerprint density at radius 2 is 1.79 bits per heavy atom. The second-order valence-electron chi connectivity index (χ2n) is 8.43. The molecule has 1 aromatic heterocycles. The molecule has 9 heteroatoms. The van der Waals surface area contributed by atoms with Crippen molar-refractivity contribution in [3.05, 3.63) is 6.20 Å². The van der Waals surface area contributed by atoms with Crippen LogP contribution in [0.1, 0.15) is 78.1 Å². The van der Waals surface area contributed by atoms with Crippen LogP contribution in [0.25, 0.3) is 0 Å². The van der Waals surface area contributed by atoms with Crippen molar-refractivity contribution in [3.8, 4) is 0 Å². The molecule has 0 spiro atoms. The number of anilines is 1. The number of rotatable bonds is 7. The van der Waals surface area contributed by atoms with Crippen LogP contribution in [0.2, 0.25) is 0 Å². The van der Waals surface area contributed by atoms with Gasteiger partial charge >= 0.3 is 6.03 Å². The Bertz CT molecular complexity index is 766. The minimum atomic E-state index is -3.56. The fourth-order valence-corrected chi connectivity index (χ4v) is 6.61. The summed E-state index contributed by atoms with van der Waals surface area (Å²) < 4.78 is 27.2. The first-order chi connectivity index (χ1) is 13.9. The number of carbonyl (C=O) groups is 1. The Morgan fingerprint density at radius 3 is 2.45 bits per heavy atom. The van der Waals surface area contributed by atoms with E-state index in [0.29, 0.717) is 11.7 Å². The number of urea groups is 1. The maximum absolute atomic E-state index is 13.2. The molecule has 2 saturated carbocycles. The van der Waals surface area contributed by atoms with Gasteiger partial charge in [0, 0.05) is 18.6 Å². The summed E-state index contributed by atoms with van der Waals surface area (Å²) in [6.45, 7) is 4.58. The molecule has 0 unspecified atom stereocenters. The molecule has 2 aliphatic rings. The van der Waals surface area contributed by atoms with Crippen molar-refractivity contribution >= 4 is 32.5 Å². The molecule has 7 nitrogen and oxygen atoms in total. The van der Waals surface area contributed by atoms with Gasteiger partial charge in [0.15, 0.2) is 9.34 Å². The smallest absolute Gasteiger partial charge is 0.319 e. The quantitative estimate of drug-likeness (QED) is 0.647. The Hall–Kier alpha value is -1.19. The van der Waals surface area contributed by atoms with Gasteiger partial charge in [0.25, 0.3) is 10.0 Å². The summed E-state index contributed by atoms with van der Waals surface area (Å²) in [7, 11) is -3.56. The third-order valence-corrected chi connectivity index (χ3v) is 8.92. The molecule has 0 atom stereocenters. The maximum atomic E-state index is 13.2. The Morgan fingerprint density at radius 1 is 1.14 bits per heavy atom. The third-order valence-electron chi connectivity index (χ3n) is 6.09. The second kappa shape index (κ2) is 10.2. The van der Waals surface area contributed by atoms with Crippen LogP contribution in [-0.2, 0) is 10.0 Å². The molecule has 0 aliphatic heterocycles. The van der Waals surface area contributed by atoms with Gasteiger partial charge in [-0.05, 0) is 50.9 Å². The molecule has 2 aliphatic carbocycles. The molecule has 2 amide bonds. The molecule has 1 aromatic rings. The minimum Gasteiger partial charge on any atom is -0.319 e. The average molecular weight is 443 g/mol. The highest BCUT2D eigenvalue weighted by Gasteiger charge is 2.34. The molecule has 0 aromatic carbocycles. The van der Waals surface area contributed by atoms with E-state index in [4.69, 9.17) is 0 Å². The van der Waals surface area contributed by atoms with E-state index in [1.165, 1.54) is 25.5 Å². The Kier molecular flexibility index (Phi) is 7.92. The number of thiazole rings is 1. The van der Waals surface area contributed by atoms with Gasteiger partial charge in [0.05, 0.1) is 6.20 Å². The van der Waals surface area contributed by atoms with Crippen molar-refractivity contribution in [1.29, 1.82) is 0 Å². The highest BCUT2D eigenvalue weighted by molar-refractivity contribution is 7.91. The van der Waals surface area contributed by atoms with Crippen LogP contribution in [0.15, 0.2) is 10.4 Å². The van der Waals surface area contributed by atoms with Crippen LogP contribution in [0.5, 0.6) is 0 Å². The van der Waals surface area contributed by atoms with Crippen LogP contribution in [0.3, 0.4) is 0 Å². The zero-order chi connectivity index (χ0) is 20.9. The zero-order valence-corrected chi connectivity index (χ0v) is 19.2. The molecular formula is C20H34N4O3S2. The number of carbonyl (C=O) groups excluding carboxylic acids is 1. The van der Waals surface area contributed by atoms with Crippen LogP contribution < -0.4 is 10.0 Å². The normalized spacial score (nSPS) is 23.7. The molecule has 3 rings (SSSR count). The number of hydrogen-bond donors (Lipinski definition) is 2. The van der Waals surface area contributed by atoms with Crippen LogP contribution in [0.4, 0.5) is 9.93 Å². The fraction of sp³-hybridized carbons (Fsp3) is 0.800. The highest BCUT2D eigenvalue weighted by Crippen LogP contribution is 2.33. The van der Waals surface area contributed by atoms with E-state index in [2.05, 4.69) is 26.8 Å². The first-order valence-electron chi connectivity index (χ1n) is 11.0. The molecule has 29 heavy (non-hydrogen) atoms. The number of sulfonamides is 1. The van der Waals surface area contributed by atoms with Gasteiger partial charge in [-0.3, -0.25) is 5.32 Å². The maximum Gasteiger partial charge on any atom is 0.324 e. The van der Waals surface area contributed by atoms with E-state index in [1.54, 1.807) is 0 Å². The van der Waals surface area contributed by atoms with Gasteiger partial charge in [-0.2, -0.15) is 0 Å². The fourth-order valence-electron chi connectivity index (χ4n) is 4.41. The summed E-state index contributed by atoms with van der Waals surface area (Å²) in [6.07, 6.45) is 12.1. The van der Waals surface area contributed by atoms with Crippen molar-refractivity contribution in [2.24, 2.45) is 5.92 Å². The van der Waals surface area contributed by atoms with E-state index >= 15 is 0 Å². The van der Waals surface area contributed by atoms with E-state index in [1.807, 2.05) is 6.92 Å². The van der Waals surface area contributed by atoms with Gasteiger partial charge in [-0.1, -0.05) is 44.4 Å². The van der Waals surface area contributed by atoms with Crippen molar-refractivity contribution in [2.45, 2.75) is 94.3 Å². The van der Waals surface area contributed by atoms with Crippen LogP contribution in [-0.4, -0.2) is 43.0 Å². The molecule has 1 heterocycles. The average Bonchev–Trinajstić information content (AvgIpc) is 3.18. The Labute approximate surface area is 178 Å². The topological polar surface area (TPSA) is 91.4 Å². The lowest BCUT2D eigenvalue weighted by atomic mass is 9.84. The SMILES string of the molecule is CCCNS(=O)(=O)c1cnc(NC(=O)N(C2CCCCC2)C2CCC(C)CC2)s1. The predicted molar refractivity (Wildman–Crippen MR) is 117 cm³/mol. The largest absolute Gasteiger partial charge is 0.324 e. The number of nitrogens with one attached hydrogen (secondary N) is 2. The summed E-state index contributed by atoms with van der Waals surface area (Å²) in [5.74, 6) is 0.727. The van der Waals surface area contributed by atoms with Gasteiger partial charge in [0.1, 0.15) is 0 Å². The van der Waals surface area contributed by atoms with Crippen LogP contribution >= 0.6 is 11.3 Å². The van der Waals surface area contributed by atoms with E-state index in [9.17, 15) is 13.2 Å². The van der Waals surface area contributed by atoms with Gasteiger partial charge < -0.3 is 4.90 Å². The standard InChI is InChI=1S/C20H34N4O3S2/c1-3-13-22-29(26,27)18-14-21-19(28-18)23-20(25)24(16-7-5-4-6-8-16)17-11-9-15(2)10-12-17/h14-17,22H,3-13H2,1-2H3,(H,21,23,25). The predicted octanol–water partition coefficient (Wildman–Crippen LogP) is 4.58. The molecule has 2 N–H and O–H groups in total. The summed E-state index contributed by atoms with van der Waals surface area (Å²) in [6, 6.07) is 0.413. The first-order valence-corrected chi connectivity index (χ1v) is 13.3. The molecule has 0 bridgehead atoms. The summed E-state index contributed by atoms with van der Waals surface area (Å²) in [5.41, 5.74) is 0. The third kappa shape index (κ3) is 5.92. The van der Waals surface area contributed by atoms with Gasteiger partial charge in [0.2, 0.25) is 0 Å². The van der Waals surface area contributed by atoms with Crippen molar-refractivity contribution in [1.82, 2.24) is 14.6 Å². The van der Waals surface area contributed by atoms with E-state index in [0.717, 1.165) is 62.2 Å². The van der Waals surface area contributed by atoms with Crippen molar-refractivity contribution in [2.75, 3.05) is 11.9 Å². The summed E-state index contributed by atoms with van der Waals surface area (Å²) in [4.78, 5) is 19.5.